The van der Waals surface area contributed by atoms with E-state index < -0.39 is 18.2 Å². The van der Waals surface area contributed by atoms with Crippen LogP contribution in [0.5, 0.6) is 0 Å². The van der Waals surface area contributed by atoms with E-state index in [4.69, 9.17) is 4.74 Å². The van der Waals surface area contributed by atoms with E-state index in [0.29, 0.717) is 19.3 Å². The molecule has 3 unspecified atom stereocenters. The van der Waals surface area contributed by atoms with Gasteiger partial charge >= 0.3 is 5.97 Å². The Morgan fingerprint density at radius 2 is 0.773 bits per heavy atom. The molecule has 0 rings (SSSR count). The smallest absolute Gasteiger partial charge is 0.306 e. The Labute approximate surface area is 410 Å². The first-order chi connectivity index (χ1) is 32.5. The van der Waals surface area contributed by atoms with Crippen molar-refractivity contribution in [2.24, 2.45) is 0 Å². The second-order valence-corrected chi connectivity index (χ2v) is 19.7. The lowest BCUT2D eigenvalue weighted by atomic mass is 10.0. The number of hydrogen-bond donors (Lipinski definition) is 3. The molecule has 0 aromatic heterocycles. The van der Waals surface area contributed by atoms with Gasteiger partial charge in [-0.2, -0.15) is 0 Å². The van der Waals surface area contributed by atoms with Crippen LogP contribution in [-0.4, -0.2) is 46.9 Å². The van der Waals surface area contributed by atoms with E-state index in [-0.39, 0.29) is 24.9 Å². The molecular weight excluding hydrogens is 815 g/mol. The molecule has 0 saturated carbocycles. The molecule has 0 aliphatic heterocycles. The summed E-state index contributed by atoms with van der Waals surface area (Å²) in [7, 11) is 0. The van der Waals surface area contributed by atoms with Gasteiger partial charge < -0.3 is 20.3 Å². The number of carbonyl (C=O) groups is 2. The van der Waals surface area contributed by atoms with Gasteiger partial charge in [-0.3, -0.25) is 9.59 Å². The Kier molecular flexibility index (Phi) is 52.0. The van der Waals surface area contributed by atoms with E-state index in [1.54, 1.807) is 0 Å². The summed E-state index contributed by atoms with van der Waals surface area (Å²) in [5.74, 6) is -0.497. The zero-order valence-corrected chi connectivity index (χ0v) is 44.1. The van der Waals surface area contributed by atoms with Crippen molar-refractivity contribution in [2.75, 3.05) is 6.61 Å². The lowest BCUT2D eigenvalue weighted by Crippen LogP contribution is -2.46. The summed E-state index contributed by atoms with van der Waals surface area (Å²) in [6.07, 6.45) is 66.0. The lowest BCUT2D eigenvalue weighted by molar-refractivity contribution is -0.151. The summed E-state index contributed by atoms with van der Waals surface area (Å²) >= 11 is 0. The van der Waals surface area contributed by atoms with Gasteiger partial charge in [0.2, 0.25) is 5.91 Å². The Morgan fingerprint density at radius 1 is 0.439 bits per heavy atom. The fraction of sp³-hybridized carbons (Fsp3) is 0.833. The molecule has 66 heavy (non-hydrogen) atoms. The maximum absolute atomic E-state index is 13.3. The van der Waals surface area contributed by atoms with E-state index in [1.165, 1.54) is 161 Å². The molecule has 3 N–H and O–H groups in total. The van der Waals surface area contributed by atoms with Crippen molar-refractivity contribution in [2.45, 2.75) is 315 Å². The molecule has 0 aliphatic carbocycles. The van der Waals surface area contributed by atoms with Gasteiger partial charge in [0.1, 0.15) is 6.10 Å². The first kappa shape index (κ1) is 63.8. The van der Waals surface area contributed by atoms with Crippen LogP contribution in [0.1, 0.15) is 297 Å². The number of nitrogens with one attached hydrogen (secondary N) is 1. The third-order valence-electron chi connectivity index (χ3n) is 13.1. The maximum Gasteiger partial charge on any atom is 0.306 e. The zero-order chi connectivity index (χ0) is 48.1. The molecule has 386 valence electrons. The van der Waals surface area contributed by atoms with Gasteiger partial charge in [-0.15, -0.1) is 0 Å². The van der Waals surface area contributed by atoms with Crippen LogP contribution in [-0.2, 0) is 14.3 Å². The highest BCUT2D eigenvalue weighted by molar-refractivity contribution is 5.77. The number of aliphatic hydroxyl groups excluding tert-OH is 2. The molecular formula is C60H111NO5. The number of carbonyl (C=O) groups excluding carboxylic acids is 2. The van der Waals surface area contributed by atoms with Crippen LogP contribution in [0.25, 0.3) is 0 Å². The zero-order valence-electron chi connectivity index (χ0n) is 44.1. The molecule has 0 fully saturated rings. The highest BCUT2D eigenvalue weighted by Crippen LogP contribution is 2.18. The summed E-state index contributed by atoms with van der Waals surface area (Å²) in [4.78, 5) is 26.3. The van der Waals surface area contributed by atoms with Crippen LogP contribution in [0.4, 0.5) is 0 Å². The molecule has 3 atom stereocenters. The molecule has 1 amide bonds. The summed E-state index contributed by atoms with van der Waals surface area (Å²) in [5.41, 5.74) is 0. The van der Waals surface area contributed by atoms with Crippen molar-refractivity contribution < 1.29 is 24.5 Å². The monoisotopic (exact) mass is 926 g/mol. The number of aliphatic hydroxyl groups is 2. The fourth-order valence-electron chi connectivity index (χ4n) is 8.73. The molecule has 6 nitrogen and oxygen atoms in total. The van der Waals surface area contributed by atoms with Crippen molar-refractivity contribution in [1.82, 2.24) is 5.32 Å². The number of amides is 1. The fourth-order valence-corrected chi connectivity index (χ4v) is 8.73. The summed E-state index contributed by atoms with van der Waals surface area (Å²) in [6, 6.07) is -0.709. The van der Waals surface area contributed by atoms with Crippen molar-refractivity contribution in [3.05, 3.63) is 48.6 Å². The summed E-state index contributed by atoms with van der Waals surface area (Å²) in [5, 5.41) is 23.9. The predicted molar refractivity (Wildman–Crippen MR) is 287 cm³/mol. The first-order valence-electron chi connectivity index (χ1n) is 28.9. The molecule has 0 aromatic rings. The van der Waals surface area contributed by atoms with Gasteiger partial charge in [0.05, 0.1) is 25.2 Å². The second kappa shape index (κ2) is 53.8. The van der Waals surface area contributed by atoms with Crippen LogP contribution in [0.15, 0.2) is 48.6 Å². The topological polar surface area (TPSA) is 95.9 Å². The van der Waals surface area contributed by atoms with Crippen molar-refractivity contribution in [3.8, 4) is 0 Å². The summed E-state index contributed by atoms with van der Waals surface area (Å²) < 4.78 is 5.95. The van der Waals surface area contributed by atoms with Crippen LogP contribution >= 0.6 is 0 Å². The number of esters is 1. The lowest BCUT2D eigenvalue weighted by Gasteiger charge is -2.24. The molecule has 6 heteroatoms. The standard InChI is InChI=1S/C60H111NO5/c1-4-7-10-13-16-19-22-25-28-29-32-35-38-41-44-47-50-53-60(65)66-56(51-48-45-42-39-36-33-30-26-23-20-17-14-11-8-5-2)54-59(64)61-57(55-62)58(63)52-49-46-43-40-37-34-31-27-24-21-18-15-12-9-6-3/h16,19,25-26,28,30,32,35,56-58,62-63H,4-15,17-18,20-24,27,29,31,33-34,36-55H2,1-3H3,(H,61,64)/b19-16-,28-25-,30-26+,35-32-. The van der Waals surface area contributed by atoms with Crippen molar-refractivity contribution in [1.29, 1.82) is 0 Å². The van der Waals surface area contributed by atoms with E-state index in [0.717, 1.165) is 89.9 Å². The predicted octanol–water partition coefficient (Wildman–Crippen LogP) is 17.8. The molecule has 0 aromatic carbocycles. The Hall–Kier alpha value is -2.18. The number of unbranched alkanes of at least 4 members (excludes halogenated alkanes) is 32. The van der Waals surface area contributed by atoms with Crippen LogP contribution in [0, 0.1) is 0 Å². The van der Waals surface area contributed by atoms with Gasteiger partial charge in [0.15, 0.2) is 0 Å². The quantitative estimate of drug-likeness (QED) is 0.0321. The maximum atomic E-state index is 13.3. The van der Waals surface area contributed by atoms with E-state index in [2.05, 4.69) is 74.7 Å². The van der Waals surface area contributed by atoms with Gasteiger partial charge in [-0.1, -0.05) is 243 Å². The molecule has 0 spiro atoms. The largest absolute Gasteiger partial charge is 0.462 e. The van der Waals surface area contributed by atoms with Gasteiger partial charge in [0, 0.05) is 6.42 Å². The SMILES string of the molecule is CCCCC/C=C\C/C=C\C/C=C\CCCCCCC(=O)OC(CCCCCCC/C=C/CCCCCCCC)CC(=O)NC(CO)C(O)CCCCCCCCCCCCCCCCC. The minimum Gasteiger partial charge on any atom is -0.462 e. The van der Waals surface area contributed by atoms with Crippen LogP contribution in [0.2, 0.25) is 0 Å². The minimum absolute atomic E-state index is 0.0641. The van der Waals surface area contributed by atoms with E-state index in [9.17, 15) is 19.8 Å². The first-order valence-corrected chi connectivity index (χ1v) is 28.9. The van der Waals surface area contributed by atoms with Gasteiger partial charge in [0.25, 0.3) is 0 Å². The normalized spacial score (nSPS) is 13.5. The molecule has 0 radical (unpaired) electrons. The number of rotatable bonds is 52. The van der Waals surface area contributed by atoms with Crippen molar-refractivity contribution in [3.63, 3.8) is 0 Å². The molecule has 0 aliphatic rings. The Balaban J connectivity index is 4.60. The van der Waals surface area contributed by atoms with Gasteiger partial charge in [-0.05, 0) is 89.9 Å². The van der Waals surface area contributed by atoms with Gasteiger partial charge in [-0.25, -0.2) is 0 Å². The highest BCUT2D eigenvalue weighted by Gasteiger charge is 2.24. The van der Waals surface area contributed by atoms with E-state index >= 15 is 0 Å². The average Bonchev–Trinajstić information content (AvgIpc) is 3.31. The number of allylic oxidation sites excluding steroid dienone is 8. The Bertz CT molecular complexity index is 1130. The number of hydrogen-bond acceptors (Lipinski definition) is 5. The third-order valence-corrected chi connectivity index (χ3v) is 13.1. The van der Waals surface area contributed by atoms with Crippen LogP contribution in [0.3, 0.4) is 0 Å². The third kappa shape index (κ3) is 48.3. The van der Waals surface area contributed by atoms with Crippen LogP contribution < -0.4 is 5.32 Å². The molecule has 0 heterocycles. The molecule has 0 bridgehead atoms. The molecule has 0 saturated heterocycles. The number of ether oxygens (including phenoxy) is 1. The Morgan fingerprint density at radius 3 is 1.21 bits per heavy atom. The van der Waals surface area contributed by atoms with Crippen molar-refractivity contribution >= 4 is 11.9 Å². The highest BCUT2D eigenvalue weighted by atomic mass is 16.5. The van der Waals surface area contributed by atoms with E-state index in [1.807, 2.05) is 0 Å². The second-order valence-electron chi connectivity index (χ2n) is 19.7. The summed E-state index contributed by atoms with van der Waals surface area (Å²) in [6.45, 7) is 6.47. The average molecular weight is 927 g/mol. The minimum atomic E-state index is -0.794.